The van der Waals surface area contributed by atoms with Crippen LogP contribution in [-0.4, -0.2) is 44.3 Å². The molecule has 0 aliphatic rings. The maximum absolute atomic E-state index is 5.77. The molecule has 3 atom stereocenters. The van der Waals surface area contributed by atoms with Crippen LogP contribution in [0.5, 0.6) is 0 Å². The van der Waals surface area contributed by atoms with Crippen molar-refractivity contribution >= 4 is 0 Å². The van der Waals surface area contributed by atoms with E-state index in [4.69, 9.17) is 5.73 Å². The molecule has 3 unspecified atom stereocenters. The van der Waals surface area contributed by atoms with Crippen LogP contribution >= 0.6 is 0 Å². The smallest absolute Gasteiger partial charge is 0.0164 e. The molecule has 0 amide bonds. The van der Waals surface area contributed by atoms with Gasteiger partial charge in [0.1, 0.15) is 0 Å². The molecule has 5 N–H and O–H groups in total. The van der Waals surface area contributed by atoms with Gasteiger partial charge in [-0.2, -0.15) is 0 Å². The molecule has 0 aliphatic carbocycles. The molecule has 0 spiro atoms. The van der Waals surface area contributed by atoms with E-state index < -0.39 is 0 Å². The van der Waals surface area contributed by atoms with Gasteiger partial charge in [0.2, 0.25) is 0 Å². The van der Waals surface area contributed by atoms with Crippen LogP contribution in [0, 0.1) is 0 Å². The average molecular weight is 385 g/mol. The Morgan fingerprint density at radius 1 is 0.593 bits per heavy atom. The van der Waals surface area contributed by atoms with Crippen molar-refractivity contribution in [2.75, 3.05) is 26.2 Å². The van der Waals surface area contributed by atoms with Gasteiger partial charge in [-0.15, -0.1) is 0 Å². The van der Waals surface area contributed by atoms with Crippen molar-refractivity contribution < 1.29 is 0 Å². The molecule has 0 aromatic heterocycles. The van der Waals surface area contributed by atoms with Crippen LogP contribution in [-0.2, 0) is 0 Å². The first-order chi connectivity index (χ1) is 13.1. The Kier molecular flexibility index (Phi) is 20.4. The Labute approximate surface area is 171 Å². The van der Waals surface area contributed by atoms with Crippen molar-refractivity contribution in [3.05, 3.63) is 0 Å². The zero-order chi connectivity index (χ0) is 20.2. The van der Waals surface area contributed by atoms with Crippen LogP contribution < -0.4 is 21.7 Å². The maximum atomic E-state index is 5.77. The molecule has 0 fully saturated rings. The molecule has 0 rings (SSSR count). The van der Waals surface area contributed by atoms with Gasteiger partial charge in [0, 0.05) is 37.8 Å². The highest BCUT2D eigenvalue weighted by Crippen LogP contribution is 2.11. The SMILES string of the molecule is CCCCCCCCCCCCCCNCC(C)NCC(C)NCC(C)N. The van der Waals surface area contributed by atoms with E-state index >= 15 is 0 Å². The third-order valence-corrected chi connectivity index (χ3v) is 5.22. The third-order valence-electron chi connectivity index (χ3n) is 5.22. The lowest BCUT2D eigenvalue weighted by Gasteiger charge is -2.20. The zero-order valence-corrected chi connectivity index (χ0v) is 19.1. The molecule has 4 heteroatoms. The Bertz CT molecular complexity index is 284. The fraction of sp³-hybridized carbons (Fsp3) is 1.00. The number of nitrogens with one attached hydrogen (secondary N) is 3. The van der Waals surface area contributed by atoms with Gasteiger partial charge in [-0.1, -0.05) is 77.6 Å². The van der Waals surface area contributed by atoms with Crippen LogP contribution in [0.2, 0.25) is 0 Å². The summed E-state index contributed by atoms with van der Waals surface area (Å²) in [5.41, 5.74) is 5.77. The Morgan fingerprint density at radius 3 is 1.56 bits per heavy atom. The highest BCUT2D eigenvalue weighted by atomic mass is 15.0. The molecule has 164 valence electrons. The first kappa shape index (κ1) is 26.8. The fourth-order valence-corrected chi connectivity index (χ4v) is 3.32. The number of rotatable bonds is 21. The summed E-state index contributed by atoms with van der Waals surface area (Å²) in [6, 6.07) is 1.21. The highest BCUT2D eigenvalue weighted by Gasteiger charge is 2.05. The predicted octanol–water partition coefficient (Wildman–Crippen LogP) is 4.58. The second-order valence-corrected chi connectivity index (χ2v) is 8.69. The van der Waals surface area contributed by atoms with Gasteiger partial charge in [0.05, 0.1) is 0 Å². The third kappa shape index (κ3) is 22.0. The van der Waals surface area contributed by atoms with E-state index in [1.165, 1.54) is 77.0 Å². The molecule has 0 aromatic rings. The van der Waals surface area contributed by atoms with Crippen molar-refractivity contribution in [2.24, 2.45) is 5.73 Å². The van der Waals surface area contributed by atoms with Gasteiger partial charge in [-0.3, -0.25) is 0 Å². The molecule has 0 bridgehead atoms. The largest absolute Gasteiger partial charge is 0.327 e. The number of hydrogen-bond donors (Lipinski definition) is 4. The van der Waals surface area contributed by atoms with Crippen LogP contribution in [0.1, 0.15) is 105 Å². The van der Waals surface area contributed by atoms with Gasteiger partial charge in [0.15, 0.2) is 0 Å². The lowest BCUT2D eigenvalue weighted by Crippen LogP contribution is -2.45. The van der Waals surface area contributed by atoms with E-state index in [9.17, 15) is 0 Å². The minimum absolute atomic E-state index is 0.224. The van der Waals surface area contributed by atoms with Crippen molar-refractivity contribution in [2.45, 2.75) is 123 Å². The van der Waals surface area contributed by atoms with Crippen molar-refractivity contribution in [3.63, 3.8) is 0 Å². The van der Waals surface area contributed by atoms with Gasteiger partial charge in [-0.05, 0) is 33.7 Å². The lowest BCUT2D eigenvalue weighted by atomic mass is 10.1. The van der Waals surface area contributed by atoms with E-state index in [0.29, 0.717) is 12.1 Å². The Balaban J connectivity index is 3.23. The molecule has 0 aromatic carbocycles. The van der Waals surface area contributed by atoms with Crippen LogP contribution in [0.15, 0.2) is 0 Å². The first-order valence-electron chi connectivity index (χ1n) is 12.0. The second kappa shape index (κ2) is 20.6. The summed E-state index contributed by atoms with van der Waals surface area (Å²) < 4.78 is 0. The molecule has 0 aliphatic heterocycles. The Hall–Kier alpha value is -0.160. The summed E-state index contributed by atoms with van der Waals surface area (Å²) in [6.07, 6.45) is 17.0. The summed E-state index contributed by atoms with van der Waals surface area (Å²) in [7, 11) is 0. The molecular weight excluding hydrogens is 332 g/mol. The van der Waals surface area contributed by atoms with Gasteiger partial charge in [0.25, 0.3) is 0 Å². The molecular formula is C23H52N4. The van der Waals surface area contributed by atoms with Crippen molar-refractivity contribution in [1.29, 1.82) is 0 Å². The van der Waals surface area contributed by atoms with E-state index in [-0.39, 0.29) is 6.04 Å². The normalized spacial score (nSPS) is 15.0. The molecule has 27 heavy (non-hydrogen) atoms. The molecule has 0 radical (unpaired) electrons. The Morgan fingerprint density at radius 2 is 1.04 bits per heavy atom. The van der Waals surface area contributed by atoms with Gasteiger partial charge in [-0.25, -0.2) is 0 Å². The van der Waals surface area contributed by atoms with Crippen LogP contribution in [0.3, 0.4) is 0 Å². The minimum atomic E-state index is 0.224. The van der Waals surface area contributed by atoms with Crippen LogP contribution in [0.4, 0.5) is 0 Å². The topological polar surface area (TPSA) is 62.1 Å². The second-order valence-electron chi connectivity index (χ2n) is 8.69. The van der Waals surface area contributed by atoms with E-state index in [1.54, 1.807) is 0 Å². The fourth-order valence-electron chi connectivity index (χ4n) is 3.32. The monoisotopic (exact) mass is 384 g/mol. The van der Waals surface area contributed by atoms with Crippen LogP contribution in [0.25, 0.3) is 0 Å². The van der Waals surface area contributed by atoms with Gasteiger partial charge < -0.3 is 21.7 Å². The summed E-state index contributed by atoms with van der Waals surface area (Å²) in [4.78, 5) is 0. The predicted molar refractivity (Wildman–Crippen MR) is 123 cm³/mol. The summed E-state index contributed by atoms with van der Waals surface area (Å²) in [6.45, 7) is 12.9. The number of unbranched alkanes of at least 4 members (excludes halogenated alkanes) is 11. The zero-order valence-electron chi connectivity index (χ0n) is 19.1. The maximum Gasteiger partial charge on any atom is 0.0164 e. The summed E-state index contributed by atoms with van der Waals surface area (Å²) >= 11 is 0. The number of nitrogens with two attached hydrogens (primary N) is 1. The molecule has 0 saturated heterocycles. The average Bonchev–Trinajstić information content (AvgIpc) is 2.64. The standard InChI is InChI=1S/C23H52N4/c1-5-6-7-8-9-10-11-12-13-14-15-16-17-25-19-22(3)27-20-23(4)26-18-21(2)24/h21-23,25-27H,5-20,24H2,1-4H3. The summed E-state index contributed by atoms with van der Waals surface area (Å²) in [5, 5.41) is 10.6. The quantitative estimate of drug-likeness (QED) is 0.219. The van der Waals surface area contributed by atoms with Gasteiger partial charge >= 0.3 is 0 Å². The molecule has 0 heterocycles. The first-order valence-corrected chi connectivity index (χ1v) is 12.0. The van der Waals surface area contributed by atoms with E-state index in [1.807, 2.05) is 6.92 Å². The number of hydrogen-bond acceptors (Lipinski definition) is 4. The van der Waals surface area contributed by atoms with E-state index in [2.05, 4.69) is 36.7 Å². The summed E-state index contributed by atoms with van der Waals surface area (Å²) in [5.74, 6) is 0. The highest BCUT2D eigenvalue weighted by molar-refractivity contribution is 4.71. The lowest BCUT2D eigenvalue weighted by molar-refractivity contribution is 0.435. The van der Waals surface area contributed by atoms with Crippen molar-refractivity contribution in [1.82, 2.24) is 16.0 Å². The molecule has 4 nitrogen and oxygen atoms in total. The van der Waals surface area contributed by atoms with Crippen molar-refractivity contribution in [3.8, 4) is 0 Å². The minimum Gasteiger partial charge on any atom is -0.327 e. The van der Waals surface area contributed by atoms with E-state index in [0.717, 1.165) is 26.2 Å². The molecule has 0 saturated carbocycles.